The third-order valence-corrected chi connectivity index (χ3v) is 4.49. The molecule has 31 heavy (non-hydrogen) atoms. The minimum atomic E-state index is -0.957. The average Bonchev–Trinajstić information content (AvgIpc) is 2.85. The highest BCUT2D eigenvalue weighted by atomic mass is 16.8. The van der Waals surface area contributed by atoms with Crippen molar-refractivity contribution in [1.82, 2.24) is 10.2 Å². The Morgan fingerprint density at radius 1 is 1.00 bits per heavy atom. The molecule has 10 nitrogen and oxygen atoms in total. The molecule has 0 aromatic carbocycles. The number of hydrogen-bond donors (Lipinski definition) is 1. The molecule has 2 fully saturated rings. The van der Waals surface area contributed by atoms with Crippen molar-refractivity contribution in [3.05, 3.63) is 0 Å². The van der Waals surface area contributed by atoms with Gasteiger partial charge in [0, 0.05) is 13.5 Å². The highest BCUT2D eigenvalue weighted by molar-refractivity contribution is 5.71. The number of nitrogens with one attached hydrogen (secondary N) is 1. The van der Waals surface area contributed by atoms with Crippen LogP contribution in [0.25, 0.3) is 0 Å². The van der Waals surface area contributed by atoms with E-state index in [4.69, 9.17) is 23.7 Å². The molecule has 2 heterocycles. The van der Waals surface area contributed by atoms with Crippen molar-refractivity contribution in [3.63, 3.8) is 0 Å². The van der Waals surface area contributed by atoms with E-state index in [1.54, 1.807) is 55.4 Å². The quantitative estimate of drug-likeness (QED) is 0.522. The number of rotatable bonds is 3. The Labute approximate surface area is 183 Å². The zero-order valence-corrected chi connectivity index (χ0v) is 19.9. The summed E-state index contributed by atoms with van der Waals surface area (Å²) in [7, 11) is 0. The molecule has 0 aliphatic carbocycles. The molecular weight excluding hydrogens is 408 g/mol. The lowest BCUT2D eigenvalue weighted by molar-refractivity contribution is -0.169. The van der Waals surface area contributed by atoms with Crippen molar-refractivity contribution in [3.8, 4) is 0 Å². The molecule has 178 valence electrons. The van der Waals surface area contributed by atoms with Crippen LogP contribution in [0.4, 0.5) is 9.59 Å². The topological polar surface area (TPSA) is 113 Å². The summed E-state index contributed by atoms with van der Waals surface area (Å²) >= 11 is 0. The Morgan fingerprint density at radius 3 is 2.06 bits per heavy atom. The average molecular weight is 445 g/mol. The van der Waals surface area contributed by atoms with Gasteiger partial charge in [-0.3, -0.25) is 9.69 Å². The van der Waals surface area contributed by atoms with E-state index < -0.39 is 59.5 Å². The summed E-state index contributed by atoms with van der Waals surface area (Å²) in [6, 6.07) is -0.624. The smallest absolute Gasteiger partial charge is 0.410 e. The highest BCUT2D eigenvalue weighted by Gasteiger charge is 2.56. The number of nitrogens with zero attached hydrogens (tertiary/aromatic N) is 1. The molecule has 10 heteroatoms. The Morgan fingerprint density at radius 2 is 1.55 bits per heavy atom. The van der Waals surface area contributed by atoms with Gasteiger partial charge in [0.1, 0.15) is 29.5 Å². The van der Waals surface area contributed by atoms with E-state index in [0.29, 0.717) is 0 Å². The van der Waals surface area contributed by atoms with Gasteiger partial charge in [0.05, 0.1) is 12.6 Å². The van der Waals surface area contributed by atoms with Gasteiger partial charge < -0.3 is 29.0 Å². The van der Waals surface area contributed by atoms with Gasteiger partial charge in [-0.2, -0.15) is 0 Å². The molecule has 0 saturated carbocycles. The van der Waals surface area contributed by atoms with Crippen LogP contribution in [-0.2, 0) is 28.5 Å². The van der Waals surface area contributed by atoms with Gasteiger partial charge in [0.2, 0.25) is 0 Å². The molecular formula is C21H36N2O8. The van der Waals surface area contributed by atoms with Gasteiger partial charge in [0.15, 0.2) is 5.79 Å². The predicted octanol–water partition coefficient (Wildman–Crippen LogP) is 2.58. The number of esters is 1. The summed E-state index contributed by atoms with van der Waals surface area (Å²) in [6.07, 6.45) is -3.23. The third kappa shape index (κ3) is 7.24. The van der Waals surface area contributed by atoms with Crippen LogP contribution in [0.1, 0.15) is 62.3 Å². The fourth-order valence-corrected chi connectivity index (χ4v) is 3.59. The van der Waals surface area contributed by atoms with Crippen LogP contribution >= 0.6 is 0 Å². The molecule has 0 spiro atoms. The van der Waals surface area contributed by atoms with Gasteiger partial charge >= 0.3 is 18.2 Å². The first-order chi connectivity index (χ1) is 14.0. The molecule has 2 aliphatic heterocycles. The maximum atomic E-state index is 13.0. The lowest BCUT2D eigenvalue weighted by atomic mass is 9.94. The Hall–Kier alpha value is -2.07. The molecule has 0 aromatic rings. The molecule has 1 N–H and O–H groups in total. The molecule has 2 rings (SSSR count). The van der Waals surface area contributed by atoms with Crippen molar-refractivity contribution < 1.29 is 38.1 Å². The van der Waals surface area contributed by atoms with Crippen molar-refractivity contribution in [2.45, 2.75) is 104 Å². The van der Waals surface area contributed by atoms with Crippen molar-refractivity contribution in [2.75, 3.05) is 13.1 Å². The number of hydrogen-bond acceptors (Lipinski definition) is 8. The number of piperidine rings is 1. The monoisotopic (exact) mass is 444 g/mol. The molecule has 2 aliphatic rings. The number of alkyl carbamates (subject to hydrolysis) is 1. The SMILES string of the molecule is CC(=O)O[C@H]1CN(C(=O)OC(C)(C)C)[C@H](CNC(=O)OC(C)(C)C)[C@H]2OC(C)(C)O[C@@H]21. The van der Waals surface area contributed by atoms with E-state index in [1.165, 1.54) is 11.8 Å². The summed E-state index contributed by atoms with van der Waals surface area (Å²) in [6.45, 7) is 15.4. The second-order valence-electron chi connectivity index (χ2n) is 10.3. The standard InChI is InChI=1S/C21H36N2O8/c1-12(24)27-14-11-23(18(26)31-20(5,6)7)13(10-22-17(25)30-19(2,3)4)15-16(14)29-21(8,9)28-15/h13-16H,10-11H2,1-9H3,(H,22,25)/t13-,14+,15-,16-/m1/s1. The Kier molecular flexibility index (Phi) is 7.17. The predicted molar refractivity (Wildman–Crippen MR) is 110 cm³/mol. The van der Waals surface area contributed by atoms with Crippen LogP contribution in [0.2, 0.25) is 0 Å². The van der Waals surface area contributed by atoms with Crippen LogP contribution in [0, 0.1) is 0 Å². The number of amides is 2. The fraction of sp³-hybridized carbons (Fsp3) is 0.857. The van der Waals surface area contributed by atoms with E-state index in [1.807, 2.05) is 0 Å². The van der Waals surface area contributed by atoms with E-state index in [9.17, 15) is 14.4 Å². The van der Waals surface area contributed by atoms with Crippen molar-refractivity contribution >= 4 is 18.2 Å². The second kappa shape index (κ2) is 8.82. The van der Waals surface area contributed by atoms with Crippen LogP contribution < -0.4 is 5.32 Å². The lowest BCUT2D eigenvalue weighted by Crippen LogP contribution is -2.65. The van der Waals surface area contributed by atoms with Crippen LogP contribution in [0.15, 0.2) is 0 Å². The largest absolute Gasteiger partial charge is 0.458 e. The van der Waals surface area contributed by atoms with E-state index in [0.717, 1.165) is 0 Å². The van der Waals surface area contributed by atoms with Gasteiger partial charge in [-0.25, -0.2) is 9.59 Å². The molecule has 0 aromatic heterocycles. The van der Waals surface area contributed by atoms with E-state index >= 15 is 0 Å². The van der Waals surface area contributed by atoms with Crippen molar-refractivity contribution in [1.29, 1.82) is 0 Å². The molecule has 0 bridgehead atoms. The maximum absolute atomic E-state index is 13.0. The Bertz CT molecular complexity index is 694. The lowest BCUT2D eigenvalue weighted by Gasteiger charge is -2.44. The van der Waals surface area contributed by atoms with Gasteiger partial charge in [-0.1, -0.05) is 0 Å². The highest BCUT2D eigenvalue weighted by Crippen LogP contribution is 2.38. The van der Waals surface area contributed by atoms with Crippen LogP contribution in [0.5, 0.6) is 0 Å². The normalized spacial score (nSPS) is 27.8. The number of ether oxygens (including phenoxy) is 5. The van der Waals surface area contributed by atoms with E-state index in [-0.39, 0.29) is 13.1 Å². The molecule has 2 amide bonds. The molecule has 4 atom stereocenters. The number of likely N-dealkylation sites (tertiary alicyclic amines) is 1. The number of carbonyl (C=O) groups excluding carboxylic acids is 3. The summed E-state index contributed by atoms with van der Waals surface area (Å²) in [5.74, 6) is -1.45. The van der Waals surface area contributed by atoms with Crippen LogP contribution in [-0.4, -0.2) is 77.5 Å². The molecule has 0 unspecified atom stereocenters. The minimum Gasteiger partial charge on any atom is -0.458 e. The molecule has 0 radical (unpaired) electrons. The second-order valence-corrected chi connectivity index (χ2v) is 10.3. The molecule has 2 saturated heterocycles. The summed E-state index contributed by atoms with van der Waals surface area (Å²) in [4.78, 5) is 38.3. The first-order valence-electron chi connectivity index (χ1n) is 10.5. The maximum Gasteiger partial charge on any atom is 0.410 e. The number of carbonyl (C=O) groups is 3. The summed E-state index contributed by atoms with van der Waals surface area (Å²) < 4.78 is 28.4. The number of fused-ring (bicyclic) bond motifs is 1. The summed E-state index contributed by atoms with van der Waals surface area (Å²) in [5, 5.41) is 2.70. The van der Waals surface area contributed by atoms with Gasteiger partial charge in [-0.05, 0) is 55.4 Å². The Balaban J connectivity index is 2.30. The zero-order valence-electron chi connectivity index (χ0n) is 19.9. The zero-order chi connectivity index (χ0) is 23.8. The van der Waals surface area contributed by atoms with Crippen LogP contribution in [0.3, 0.4) is 0 Å². The minimum absolute atomic E-state index is 0.0375. The van der Waals surface area contributed by atoms with Gasteiger partial charge in [-0.15, -0.1) is 0 Å². The van der Waals surface area contributed by atoms with E-state index in [2.05, 4.69) is 5.32 Å². The van der Waals surface area contributed by atoms with Crippen molar-refractivity contribution in [2.24, 2.45) is 0 Å². The van der Waals surface area contributed by atoms with Gasteiger partial charge in [0.25, 0.3) is 0 Å². The first kappa shape index (κ1) is 25.2. The fourth-order valence-electron chi connectivity index (χ4n) is 3.59. The first-order valence-corrected chi connectivity index (χ1v) is 10.5. The summed E-state index contributed by atoms with van der Waals surface area (Å²) in [5.41, 5.74) is -1.40. The third-order valence-electron chi connectivity index (χ3n) is 4.49.